The van der Waals surface area contributed by atoms with Crippen LogP contribution in [0, 0.1) is 10.1 Å². The van der Waals surface area contributed by atoms with Gasteiger partial charge >= 0.3 is 5.97 Å². The summed E-state index contributed by atoms with van der Waals surface area (Å²) in [6.07, 6.45) is -0.453. The molecule has 1 atom stereocenters. The minimum absolute atomic E-state index is 0.0247. The van der Waals surface area contributed by atoms with Crippen LogP contribution >= 0.6 is 0 Å². The van der Waals surface area contributed by atoms with E-state index in [4.69, 9.17) is 10.5 Å². The Morgan fingerprint density at radius 3 is 1.61 bits per heavy atom. The van der Waals surface area contributed by atoms with Crippen molar-refractivity contribution in [1.29, 1.82) is 0 Å². The van der Waals surface area contributed by atoms with Gasteiger partial charge in [-0.25, -0.2) is 4.79 Å². The van der Waals surface area contributed by atoms with E-state index in [9.17, 15) is 34.1 Å². The molecule has 5 N–H and O–H groups in total. The molecular formula is C48H45N5O9. The fraction of sp³-hybridized carbons (Fsp3) is 0.146. The van der Waals surface area contributed by atoms with Crippen molar-refractivity contribution in [2.24, 2.45) is 5.73 Å². The monoisotopic (exact) mass is 835 g/mol. The number of hydrogen-bond donors (Lipinski definition) is 4. The first-order chi connectivity index (χ1) is 29.8. The molecule has 0 aliphatic heterocycles. The number of carbonyl (C=O) groups excluding carboxylic acids is 5. The first-order valence-corrected chi connectivity index (χ1v) is 19.4. The second-order valence-electron chi connectivity index (χ2n) is 14.0. The lowest BCUT2D eigenvalue weighted by Gasteiger charge is -2.37. The molecular weight excluding hydrogens is 791 g/mol. The zero-order chi connectivity index (χ0) is 44.6. The summed E-state index contributed by atoms with van der Waals surface area (Å²) in [5.74, 6) is -2.27. The highest BCUT2D eigenvalue weighted by Gasteiger charge is 2.38. The maximum absolute atomic E-state index is 13.6. The molecule has 316 valence electrons. The SMILES string of the molecule is COC(=O)c1ccc(NC(=O)c2ccccc2OC(C)C)cc1.NC(=O)[C@H](CC(=O)NC(c1ccccc1)(c1ccccc1)c1ccccc1)NC(=O)c1ccc([N+](=O)[O-])cc1. The van der Waals surface area contributed by atoms with Crippen LogP contribution in [-0.2, 0) is 19.9 Å². The minimum atomic E-state index is -1.33. The smallest absolute Gasteiger partial charge is 0.337 e. The van der Waals surface area contributed by atoms with Gasteiger partial charge in [0.2, 0.25) is 11.8 Å². The Kier molecular flexibility index (Phi) is 15.4. The summed E-state index contributed by atoms with van der Waals surface area (Å²) < 4.78 is 10.3. The number of amides is 4. The highest BCUT2D eigenvalue weighted by atomic mass is 16.6. The lowest BCUT2D eigenvalue weighted by molar-refractivity contribution is -0.384. The summed E-state index contributed by atoms with van der Waals surface area (Å²) in [6.45, 7) is 3.81. The third kappa shape index (κ3) is 11.5. The lowest BCUT2D eigenvalue weighted by atomic mass is 9.77. The van der Waals surface area contributed by atoms with E-state index in [-0.39, 0.29) is 23.3 Å². The average molecular weight is 836 g/mol. The number of methoxy groups -OCH3 is 1. The minimum Gasteiger partial charge on any atom is -0.490 e. The number of primary amides is 1. The number of nitrogens with two attached hydrogens (primary N) is 1. The van der Waals surface area contributed by atoms with E-state index in [1.807, 2.05) is 111 Å². The average Bonchev–Trinajstić information content (AvgIpc) is 3.29. The highest BCUT2D eigenvalue weighted by molar-refractivity contribution is 6.06. The van der Waals surface area contributed by atoms with Crippen molar-refractivity contribution in [3.63, 3.8) is 0 Å². The zero-order valence-electron chi connectivity index (χ0n) is 34.1. The summed E-state index contributed by atoms with van der Waals surface area (Å²) in [7, 11) is 1.32. The van der Waals surface area contributed by atoms with Crippen LogP contribution in [-0.4, -0.2) is 53.8 Å². The number of para-hydroxylation sites is 1. The van der Waals surface area contributed by atoms with Gasteiger partial charge < -0.3 is 31.2 Å². The molecule has 0 radical (unpaired) electrons. The summed E-state index contributed by atoms with van der Waals surface area (Å²) in [5.41, 5.74) is 8.19. The van der Waals surface area contributed by atoms with E-state index < -0.39 is 46.6 Å². The maximum atomic E-state index is 13.6. The molecule has 0 saturated heterocycles. The van der Waals surface area contributed by atoms with Crippen LogP contribution in [0.2, 0.25) is 0 Å². The second-order valence-corrected chi connectivity index (χ2v) is 14.0. The number of rotatable bonds is 15. The number of nitrogens with zero attached hydrogens (tertiary/aromatic N) is 1. The Hall–Kier alpha value is -8.13. The standard InChI is InChI=1S/C30H26N4O5.C18H19NO4/c31-28(36)26(32-29(37)21-16-18-25(19-17-21)34(38)39)20-27(35)33-30(22-10-4-1-5-11-22,23-12-6-2-7-13-23)24-14-8-3-9-15-24;1-12(2)23-16-7-5-4-6-15(16)17(20)19-14-10-8-13(9-11-14)18(21)22-3/h1-19,26H,20H2,(H2,31,36)(H,32,37)(H,33,35);4-12H,1-3H3,(H,19,20)/t26-;/m0./s1. The third-order valence-electron chi connectivity index (χ3n) is 9.38. The summed E-state index contributed by atoms with van der Waals surface area (Å²) in [4.78, 5) is 72.7. The maximum Gasteiger partial charge on any atom is 0.337 e. The van der Waals surface area contributed by atoms with E-state index in [1.165, 1.54) is 31.4 Å². The molecule has 0 unspecified atom stereocenters. The van der Waals surface area contributed by atoms with Gasteiger partial charge in [-0.2, -0.15) is 0 Å². The number of esters is 1. The first-order valence-electron chi connectivity index (χ1n) is 19.4. The molecule has 0 aliphatic carbocycles. The molecule has 0 aromatic heterocycles. The number of nitro benzene ring substituents is 1. The van der Waals surface area contributed by atoms with E-state index in [2.05, 4.69) is 20.7 Å². The number of non-ortho nitro benzene ring substituents is 1. The second kappa shape index (κ2) is 21.2. The predicted molar refractivity (Wildman–Crippen MR) is 233 cm³/mol. The van der Waals surface area contributed by atoms with Crippen molar-refractivity contribution in [1.82, 2.24) is 10.6 Å². The van der Waals surface area contributed by atoms with Crippen molar-refractivity contribution in [3.8, 4) is 5.75 Å². The van der Waals surface area contributed by atoms with Gasteiger partial charge in [-0.15, -0.1) is 0 Å². The van der Waals surface area contributed by atoms with E-state index in [0.29, 0.717) is 22.6 Å². The molecule has 0 aliphatic rings. The topological polar surface area (TPSA) is 209 Å². The van der Waals surface area contributed by atoms with Gasteiger partial charge in [0, 0.05) is 23.4 Å². The quantitative estimate of drug-likeness (QED) is 0.0357. The molecule has 14 heteroatoms. The van der Waals surface area contributed by atoms with Crippen molar-refractivity contribution < 1.29 is 38.4 Å². The van der Waals surface area contributed by atoms with Gasteiger partial charge in [0.05, 0.1) is 35.7 Å². The van der Waals surface area contributed by atoms with Crippen LogP contribution in [0.3, 0.4) is 0 Å². The van der Waals surface area contributed by atoms with Crippen molar-refractivity contribution in [2.75, 3.05) is 12.4 Å². The first kappa shape index (κ1) is 45.0. The molecule has 0 bridgehead atoms. The van der Waals surface area contributed by atoms with Gasteiger partial charge in [-0.1, -0.05) is 103 Å². The molecule has 14 nitrogen and oxygen atoms in total. The van der Waals surface area contributed by atoms with Gasteiger partial charge in [-0.3, -0.25) is 29.3 Å². The fourth-order valence-electron chi connectivity index (χ4n) is 6.44. The molecule has 6 aromatic rings. The zero-order valence-corrected chi connectivity index (χ0v) is 34.1. The number of benzene rings is 6. The van der Waals surface area contributed by atoms with Crippen LogP contribution in [0.1, 0.15) is 68.0 Å². The van der Waals surface area contributed by atoms with Gasteiger partial charge in [0.15, 0.2) is 0 Å². The normalized spacial score (nSPS) is 11.2. The number of nitro groups is 1. The largest absolute Gasteiger partial charge is 0.490 e. The number of hydrogen-bond acceptors (Lipinski definition) is 9. The van der Waals surface area contributed by atoms with E-state index in [1.54, 1.807) is 42.5 Å². The van der Waals surface area contributed by atoms with Gasteiger partial charge in [0.25, 0.3) is 17.5 Å². The van der Waals surface area contributed by atoms with E-state index >= 15 is 0 Å². The number of ether oxygens (including phenoxy) is 2. The third-order valence-corrected chi connectivity index (χ3v) is 9.38. The summed E-state index contributed by atoms with van der Waals surface area (Å²) in [5, 5.41) is 19.3. The van der Waals surface area contributed by atoms with E-state index in [0.717, 1.165) is 16.7 Å². The fourth-order valence-corrected chi connectivity index (χ4v) is 6.44. The Labute approximate surface area is 358 Å². The van der Waals surface area contributed by atoms with Crippen LogP contribution < -0.4 is 26.4 Å². The molecule has 4 amide bonds. The van der Waals surface area contributed by atoms with Crippen molar-refractivity contribution in [3.05, 3.63) is 207 Å². The Bertz CT molecular complexity index is 2380. The molecule has 0 saturated carbocycles. The summed E-state index contributed by atoms with van der Waals surface area (Å²) >= 11 is 0. The molecule has 62 heavy (non-hydrogen) atoms. The predicted octanol–water partition coefficient (Wildman–Crippen LogP) is 7.19. The van der Waals surface area contributed by atoms with Crippen molar-refractivity contribution >= 4 is 41.0 Å². The Balaban J connectivity index is 0.000000269. The molecule has 0 fully saturated rings. The van der Waals surface area contributed by atoms with Gasteiger partial charge in [0.1, 0.15) is 17.3 Å². The highest BCUT2D eigenvalue weighted by Crippen LogP contribution is 2.37. The molecule has 0 spiro atoms. The summed E-state index contributed by atoms with van der Waals surface area (Å²) in [6, 6.07) is 45.4. The van der Waals surface area contributed by atoms with Crippen molar-refractivity contribution in [2.45, 2.75) is 38.0 Å². The van der Waals surface area contributed by atoms with Crippen LogP contribution in [0.15, 0.2) is 164 Å². The molecule has 6 rings (SSSR count). The Morgan fingerprint density at radius 1 is 0.661 bits per heavy atom. The number of anilines is 1. The molecule has 0 heterocycles. The van der Waals surface area contributed by atoms with Crippen LogP contribution in [0.25, 0.3) is 0 Å². The van der Waals surface area contributed by atoms with Crippen LogP contribution in [0.4, 0.5) is 11.4 Å². The van der Waals surface area contributed by atoms with Gasteiger partial charge in [-0.05, 0) is 79.1 Å². The lowest BCUT2D eigenvalue weighted by Crippen LogP contribution is -2.52. The number of nitrogens with one attached hydrogen (secondary N) is 3. The number of carbonyl (C=O) groups is 5. The van der Waals surface area contributed by atoms with Crippen LogP contribution in [0.5, 0.6) is 5.75 Å². The Morgan fingerprint density at radius 2 is 1.15 bits per heavy atom. The molecule has 6 aromatic carbocycles.